The molecule has 0 aliphatic carbocycles. The Morgan fingerprint density at radius 2 is 1.91 bits per heavy atom. The van der Waals surface area contributed by atoms with E-state index in [0.29, 0.717) is 10.7 Å². The summed E-state index contributed by atoms with van der Waals surface area (Å²) in [4.78, 5) is 12.0. The second-order valence-corrected chi connectivity index (χ2v) is 4.86. The second-order valence-electron chi connectivity index (χ2n) is 4.43. The van der Waals surface area contributed by atoms with Gasteiger partial charge in [-0.1, -0.05) is 60.2 Å². The number of nitrogens with zero attached hydrogens (tertiary/aromatic N) is 1. The number of rotatable bonds is 4. The van der Waals surface area contributed by atoms with Crippen molar-refractivity contribution in [3.05, 3.63) is 82.9 Å². The van der Waals surface area contributed by atoms with Gasteiger partial charge in [0.05, 0.1) is 0 Å². The summed E-state index contributed by atoms with van der Waals surface area (Å²) in [6.45, 7) is 0. The molecule has 0 aliphatic heterocycles. The third-order valence-corrected chi connectivity index (χ3v) is 3.03. The van der Waals surface area contributed by atoms with Gasteiger partial charge in [0.15, 0.2) is 0 Å². The summed E-state index contributed by atoms with van der Waals surface area (Å²) >= 11 is 5.85. The number of anilines is 1. The van der Waals surface area contributed by atoms with Crippen LogP contribution in [0.25, 0.3) is 6.08 Å². The lowest BCUT2D eigenvalue weighted by Crippen LogP contribution is -2.13. The van der Waals surface area contributed by atoms with Gasteiger partial charge in [0, 0.05) is 10.7 Å². The Kier molecular flexibility index (Phi) is 5.53. The number of benzene rings is 2. The molecule has 0 atom stereocenters. The predicted molar refractivity (Wildman–Crippen MR) is 89.3 cm³/mol. The van der Waals surface area contributed by atoms with Crippen LogP contribution in [0.2, 0.25) is 5.02 Å². The van der Waals surface area contributed by atoms with Gasteiger partial charge in [-0.05, 0) is 29.8 Å². The molecule has 0 unspecified atom stereocenters. The van der Waals surface area contributed by atoms with Gasteiger partial charge in [-0.25, -0.2) is 0 Å². The van der Waals surface area contributed by atoms with Crippen LogP contribution in [0.15, 0.2) is 72.3 Å². The predicted octanol–water partition coefficient (Wildman–Crippen LogP) is 4.44. The summed E-state index contributed by atoms with van der Waals surface area (Å²) < 4.78 is 0. The van der Waals surface area contributed by atoms with Crippen molar-refractivity contribution in [2.45, 2.75) is 0 Å². The van der Waals surface area contributed by atoms with E-state index < -0.39 is 5.91 Å². The first-order chi connectivity index (χ1) is 10.7. The van der Waals surface area contributed by atoms with Crippen molar-refractivity contribution in [2.75, 3.05) is 5.32 Å². The van der Waals surface area contributed by atoms with Crippen LogP contribution in [0.5, 0.6) is 0 Å². The molecule has 2 aromatic rings. The van der Waals surface area contributed by atoms with Crippen LogP contribution in [0.3, 0.4) is 0 Å². The summed E-state index contributed by atoms with van der Waals surface area (Å²) in [6, 6.07) is 18.3. The van der Waals surface area contributed by atoms with E-state index >= 15 is 0 Å². The van der Waals surface area contributed by atoms with Gasteiger partial charge in [0.1, 0.15) is 11.6 Å². The largest absolute Gasteiger partial charge is 0.321 e. The van der Waals surface area contributed by atoms with Gasteiger partial charge >= 0.3 is 0 Å². The minimum absolute atomic E-state index is 0.0205. The lowest BCUT2D eigenvalue weighted by atomic mass is 10.2. The average molecular weight is 309 g/mol. The number of allylic oxidation sites excluding steroid dienone is 2. The second kappa shape index (κ2) is 7.82. The fourth-order valence-corrected chi connectivity index (χ4v) is 1.94. The molecular weight excluding hydrogens is 296 g/mol. The third-order valence-electron chi connectivity index (χ3n) is 2.80. The standard InChI is InChI=1S/C18H13ClN2O/c19-16-10-5-11-17(12-16)21-18(22)15(13-20)9-4-8-14-6-2-1-3-7-14/h1-12H,(H,21,22)/b8-4+,15-9+. The number of carbonyl (C=O) groups excluding carboxylic acids is 1. The topological polar surface area (TPSA) is 52.9 Å². The smallest absolute Gasteiger partial charge is 0.266 e. The lowest BCUT2D eigenvalue weighted by Gasteiger charge is -2.03. The Hall–Kier alpha value is -2.83. The quantitative estimate of drug-likeness (QED) is 0.515. The van der Waals surface area contributed by atoms with Crippen LogP contribution in [0.4, 0.5) is 5.69 Å². The normalized spacial score (nSPS) is 11.2. The highest BCUT2D eigenvalue weighted by molar-refractivity contribution is 6.31. The molecule has 2 rings (SSSR count). The fourth-order valence-electron chi connectivity index (χ4n) is 1.75. The van der Waals surface area contributed by atoms with Crippen LogP contribution in [0.1, 0.15) is 5.56 Å². The molecule has 0 saturated heterocycles. The highest BCUT2D eigenvalue weighted by atomic mass is 35.5. The maximum atomic E-state index is 12.0. The maximum Gasteiger partial charge on any atom is 0.266 e. The molecule has 3 nitrogen and oxygen atoms in total. The molecule has 0 saturated carbocycles. The lowest BCUT2D eigenvalue weighted by molar-refractivity contribution is -0.112. The van der Waals surface area contributed by atoms with Crippen LogP contribution >= 0.6 is 11.6 Å². The highest BCUT2D eigenvalue weighted by Gasteiger charge is 2.08. The molecule has 0 bridgehead atoms. The Labute approximate surface area is 134 Å². The monoisotopic (exact) mass is 308 g/mol. The summed E-state index contributed by atoms with van der Waals surface area (Å²) in [5.74, 6) is -0.470. The summed E-state index contributed by atoms with van der Waals surface area (Å²) in [6.07, 6.45) is 4.97. The minimum atomic E-state index is -0.470. The molecule has 0 fully saturated rings. The summed E-state index contributed by atoms with van der Waals surface area (Å²) in [7, 11) is 0. The number of nitrogens with one attached hydrogen (secondary N) is 1. The van der Waals surface area contributed by atoms with Crippen molar-refractivity contribution >= 4 is 29.3 Å². The Bertz CT molecular complexity index is 758. The number of carbonyl (C=O) groups is 1. The summed E-state index contributed by atoms with van der Waals surface area (Å²) in [5.41, 5.74) is 1.56. The van der Waals surface area contributed by atoms with E-state index in [1.54, 1.807) is 30.3 Å². The van der Waals surface area contributed by atoms with Crippen molar-refractivity contribution in [2.24, 2.45) is 0 Å². The van der Waals surface area contributed by atoms with E-state index in [9.17, 15) is 4.79 Å². The van der Waals surface area contributed by atoms with Gasteiger partial charge in [0.25, 0.3) is 5.91 Å². The van der Waals surface area contributed by atoms with E-state index in [4.69, 9.17) is 16.9 Å². The van der Waals surface area contributed by atoms with Gasteiger partial charge in [-0.15, -0.1) is 0 Å². The molecule has 0 spiro atoms. The Morgan fingerprint density at radius 1 is 1.14 bits per heavy atom. The summed E-state index contributed by atoms with van der Waals surface area (Å²) in [5, 5.41) is 12.2. The number of amides is 1. The van der Waals surface area contributed by atoms with Crippen molar-refractivity contribution in [3.8, 4) is 6.07 Å². The van der Waals surface area contributed by atoms with E-state index in [-0.39, 0.29) is 5.57 Å². The van der Waals surface area contributed by atoms with Crippen molar-refractivity contribution in [1.29, 1.82) is 5.26 Å². The van der Waals surface area contributed by atoms with E-state index in [1.165, 1.54) is 6.08 Å². The number of hydrogen-bond donors (Lipinski definition) is 1. The molecule has 0 aliphatic rings. The van der Waals surface area contributed by atoms with Gasteiger partial charge in [-0.2, -0.15) is 5.26 Å². The molecule has 1 amide bonds. The maximum absolute atomic E-state index is 12.0. The molecular formula is C18H13ClN2O. The zero-order chi connectivity index (χ0) is 15.8. The highest BCUT2D eigenvalue weighted by Crippen LogP contribution is 2.15. The molecule has 0 aromatic heterocycles. The van der Waals surface area contributed by atoms with Crippen LogP contribution < -0.4 is 5.32 Å². The molecule has 4 heteroatoms. The van der Waals surface area contributed by atoms with Crippen LogP contribution in [-0.2, 0) is 4.79 Å². The fraction of sp³-hybridized carbons (Fsp3) is 0. The zero-order valence-electron chi connectivity index (χ0n) is 11.7. The molecule has 0 radical (unpaired) electrons. The number of hydrogen-bond acceptors (Lipinski definition) is 2. The van der Waals surface area contributed by atoms with Crippen molar-refractivity contribution in [3.63, 3.8) is 0 Å². The van der Waals surface area contributed by atoms with Gasteiger partial charge < -0.3 is 5.32 Å². The van der Waals surface area contributed by atoms with E-state index in [2.05, 4.69) is 5.32 Å². The van der Waals surface area contributed by atoms with E-state index in [0.717, 1.165) is 5.56 Å². The van der Waals surface area contributed by atoms with Gasteiger partial charge in [-0.3, -0.25) is 4.79 Å². The molecule has 1 N–H and O–H groups in total. The van der Waals surface area contributed by atoms with Crippen LogP contribution in [0, 0.1) is 11.3 Å². The molecule has 2 aromatic carbocycles. The first-order valence-corrected chi connectivity index (χ1v) is 6.97. The van der Waals surface area contributed by atoms with Gasteiger partial charge in [0.2, 0.25) is 0 Å². The van der Waals surface area contributed by atoms with Crippen LogP contribution in [-0.4, -0.2) is 5.91 Å². The van der Waals surface area contributed by atoms with Crippen molar-refractivity contribution < 1.29 is 4.79 Å². The average Bonchev–Trinajstić information content (AvgIpc) is 2.52. The Morgan fingerprint density at radius 3 is 2.59 bits per heavy atom. The number of halogens is 1. The third kappa shape index (κ3) is 4.62. The van der Waals surface area contributed by atoms with Crippen molar-refractivity contribution in [1.82, 2.24) is 0 Å². The zero-order valence-corrected chi connectivity index (χ0v) is 12.4. The SMILES string of the molecule is N#C/C(=C\C=C\c1ccccc1)C(=O)Nc1cccc(Cl)c1. The molecule has 22 heavy (non-hydrogen) atoms. The first-order valence-electron chi connectivity index (χ1n) is 6.59. The Balaban J connectivity index is 2.07. The minimum Gasteiger partial charge on any atom is -0.321 e. The molecule has 108 valence electrons. The van der Waals surface area contributed by atoms with E-state index in [1.807, 2.05) is 42.5 Å². The first kappa shape index (κ1) is 15.6. The molecule has 0 heterocycles. The number of nitriles is 1.